The second kappa shape index (κ2) is 8.70. The molecule has 1 atom stereocenters. The van der Waals surface area contributed by atoms with Gasteiger partial charge in [-0.3, -0.25) is 0 Å². The minimum absolute atomic E-state index is 0.0927. The number of rotatable bonds is 6. The van der Waals surface area contributed by atoms with E-state index in [1.807, 2.05) is 43.3 Å². The smallest absolute Gasteiger partial charge is 0.138 e. The van der Waals surface area contributed by atoms with Gasteiger partial charge in [-0.05, 0) is 42.7 Å². The fourth-order valence-corrected chi connectivity index (χ4v) is 2.51. The molecule has 0 amide bonds. The zero-order valence-corrected chi connectivity index (χ0v) is 15.0. The Morgan fingerprint density at radius 3 is 2.50 bits per heavy atom. The normalized spacial score (nSPS) is 19.7. The highest BCUT2D eigenvalue weighted by Crippen LogP contribution is 2.25. The van der Waals surface area contributed by atoms with Crippen LogP contribution in [0.4, 0.5) is 0 Å². The van der Waals surface area contributed by atoms with Crippen LogP contribution >= 0.6 is 0 Å². The zero-order valence-electron chi connectivity index (χ0n) is 15.0. The Kier molecular flexibility index (Phi) is 6.11. The summed E-state index contributed by atoms with van der Waals surface area (Å²) in [5, 5.41) is 9.27. The van der Waals surface area contributed by atoms with Crippen LogP contribution in [0.25, 0.3) is 0 Å². The summed E-state index contributed by atoms with van der Waals surface area (Å²) in [6.07, 6.45) is 2.70. The van der Waals surface area contributed by atoms with Crippen LogP contribution in [0.15, 0.2) is 42.6 Å². The number of ether oxygens (including phenoxy) is 3. The third-order valence-electron chi connectivity index (χ3n) is 4.17. The lowest BCUT2D eigenvalue weighted by Crippen LogP contribution is -2.37. The van der Waals surface area contributed by atoms with Crippen molar-refractivity contribution < 1.29 is 19.3 Å². The summed E-state index contributed by atoms with van der Waals surface area (Å²) in [7, 11) is 1.65. The standard InChI is InChI=1S/C21H23NO4/c1-15(25-14-16-4-8-19(24-2)9-5-16)3-6-17-7-10-20(13-22-17)26-21-11-18(23)12-21/h4-5,7-10,13,15,18,21,23H,11-12,14H2,1-2H3. The van der Waals surface area contributed by atoms with Crippen molar-refractivity contribution in [2.75, 3.05) is 7.11 Å². The highest BCUT2D eigenvalue weighted by Gasteiger charge is 2.28. The minimum atomic E-state index is -0.225. The lowest BCUT2D eigenvalue weighted by Gasteiger charge is -2.31. The Morgan fingerprint density at radius 1 is 1.15 bits per heavy atom. The van der Waals surface area contributed by atoms with Gasteiger partial charge in [-0.2, -0.15) is 0 Å². The first kappa shape index (κ1) is 18.2. The van der Waals surface area contributed by atoms with E-state index in [0.717, 1.165) is 11.3 Å². The number of hydrogen-bond acceptors (Lipinski definition) is 5. The first-order chi connectivity index (χ1) is 12.6. The number of aromatic nitrogens is 1. The quantitative estimate of drug-likeness (QED) is 0.809. The number of aliphatic hydroxyl groups excluding tert-OH is 1. The van der Waals surface area contributed by atoms with Crippen molar-refractivity contribution in [3.8, 4) is 23.3 Å². The van der Waals surface area contributed by atoms with Gasteiger partial charge in [0.1, 0.15) is 29.4 Å². The molecular weight excluding hydrogens is 330 g/mol. The summed E-state index contributed by atoms with van der Waals surface area (Å²) in [4.78, 5) is 4.29. The highest BCUT2D eigenvalue weighted by atomic mass is 16.5. The number of methoxy groups -OCH3 is 1. The van der Waals surface area contributed by atoms with E-state index in [2.05, 4.69) is 16.8 Å². The molecule has 3 rings (SSSR count). The van der Waals surface area contributed by atoms with Crippen LogP contribution in [0.5, 0.6) is 11.5 Å². The van der Waals surface area contributed by atoms with E-state index in [1.165, 1.54) is 0 Å². The summed E-state index contributed by atoms with van der Waals surface area (Å²) >= 11 is 0. The molecule has 1 unspecified atom stereocenters. The van der Waals surface area contributed by atoms with Gasteiger partial charge in [0, 0.05) is 12.8 Å². The number of aliphatic hydroxyl groups is 1. The molecule has 1 aliphatic rings. The van der Waals surface area contributed by atoms with Crippen molar-refractivity contribution in [2.45, 2.75) is 44.7 Å². The van der Waals surface area contributed by atoms with Gasteiger partial charge in [-0.15, -0.1) is 0 Å². The fraction of sp³-hybridized carbons (Fsp3) is 0.381. The molecule has 1 saturated carbocycles. The van der Waals surface area contributed by atoms with Crippen LogP contribution in [0, 0.1) is 11.8 Å². The zero-order chi connectivity index (χ0) is 18.4. The Balaban J connectivity index is 1.46. The van der Waals surface area contributed by atoms with Crippen molar-refractivity contribution in [2.24, 2.45) is 0 Å². The maximum absolute atomic E-state index is 9.27. The predicted molar refractivity (Wildman–Crippen MR) is 98.0 cm³/mol. The van der Waals surface area contributed by atoms with E-state index in [-0.39, 0.29) is 18.3 Å². The Hall–Kier alpha value is -2.55. The molecule has 5 nitrogen and oxygen atoms in total. The number of nitrogens with zero attached hydrogens (tertiary/aromatic N) is 1. The van der Waals surface area contributed by atoms with E-state index in [0.29, 0.717) is 30.9 Å². The molecule has 0 spiro atoms. The van der Waals surface area contributed by atoms with E-state index in [9.17, 15) is 5.11 Å². The third-order valence-corrected chi connectivity index (χ3v) is 4.17. The van der Waals surface area contributed by atoms with E-state index >= 15 is 0 Å². The van der Waals surface area contributed by atoms with Crippen molar-refractivity contribution >= 4 is 0 Å². The Morgan fingerprint density at radius 2 is 1.88 bits per heavy atom. The van der Waals surface area contributed by atoms with Gasteiger partial charge in [-0.1, -0.05) is 18.1 Å². The average Bonchev–Trinajstić information content (AvgIpc) is 2.65. The lowest BCUT2D eigenvalue weighted by molar-refractivity contribution is -0.0109. The van der Waals surface area contributed by atoms with Crippen molar-refractivity contribution in [3.63, 3.8) is 0 Å². The molecule has 0 bridgehead atoms. The van der Waals surface area contributed by atoms with Gasteiger partial charge >= 0.3 is 0 Å². The maximum Gasteiger partial charge on any atom is 0.138 e. The molecule has 1 aromatic heterocycles. The van der Waals surface area contributed by atoms with Crippen LogP contribution < -0.4 is 9.47 Å². The van der Waals surface area contributed by atoms with Crippen molar-refractivity contribution in [3.05, 3.63) is 53.9 Å². The van der Waals surface area contributed by atoms with Gasteiger partial charge < -0.3 is 19.3 Å². The second-order valence-electron chi connectivity index (χ2n) is 6.31. The number of hydrogen-bond donors (Lipinski definition) is 1. The largest absolute Gasteiger partial charge is 0.497 e. The maximum atomic E-state index is 9.27. The topological polar surface area (TPSA) is 60.8 Å². The molecule has 1 N–H and O–H groups in total. The summed E-state index contributed by atoms with van der Waals surface area (Å²) in [6, 6.07) is 11.4. The van der Waals surface area contributed by atoms with E-state index in [4.69, 9.17) is 14.2 Å². The minimum Gasteiger partial charge on any atom is -0.497 e. The first-order valence-corrected chi connectivity index (χ1v) is 8.69. The van der Waals surface area contributed by atoms with E-state index in [1.54, 1.807) is 13.3 Å². The Bertz CT molecular complexity index is 755. The number of pyridine rings is 1. The van der Waals surface area contributed by atoms with Crippen LogP contribution in [0.1, 0.15) is 31.0 Å². The van der Waals surface area contributed by atoms with Crippen LogP contribution in [0.3, 0.4) is 0 Å². The molecule has 1 heterocycles. The molecule has 136 valence electrons. The summed E-state index contributed by atoms with van der Waals surface area (Å²) < 4.78 is 16.6. The molecular formula is C21H23NO4. The van der Waals surface area contributed by atoms with Gasteiger partial charge in [0.25, 0.3) is 0 Å². The molecule has 26 heavy (non-hydrogen) atoms. The Labute approximate surface area is 153 Å². The molecule has 1 aliphatic carbocycles. The SMILES string of the molecule is COc1ccc(COC(C)C#Cc2ccc(OC3CC(O)C3)cn2)cc1. The average molecular weight is 353 g/mol. The van der Waals surface area contributed by atoms with Crippen molar-refractivity contribution in [1.29, 1.82) is 0 Å². The highest BCUT2D eigenvalue weighted by molar-refractivity contribution is 5.32. The number of benzene rings is 1. The molecule has 0 aliphatic heterocycles. The molecule has 1 aromatic carbocycles. The molecule has 1 fully saturated rings. The summed E-state index contributed by atoms with van der Waals surface area (Å²) in [5.41, 5.74) is 1.74. The second-order valence-corrected chi connectivity index (χ2v) is 6.31. The molecule has 2 aromatic rings. The van der Waals surface area contributed by atoms with Crippen LogP contribution in [-0.4, -0.2) is 35.5 Å². The monoisotopic (exact) mass is 353 g/mol. The lowest BCUT2D eigenvalue weighted by atomic mass is 9.92. The van der Waals surface area contributed by atoms with Gasteiger partial charge in [0.05, 0.1) is 26.0 Å². The molecule has 5 heteroatoms. The predicted octanol–water partition coefficient (Wildman–Crippen LogP) is 2.95. The third kappa shape index (κ3) is 5.22. The van der Waals surface area contributed by atoms with Crippen LogP contribution in [0.2, 0.25) is 0 Å². The fourth-order valence-electron chi connectivity index (χ4n) is 2.51. The van der Waals surface area contributed by atoms with E-state index < -0.39 is 0 Å². The van der Waals surface area contributed by atoms with Crippen LogP contribution in [-0.2, 0) is 11.3 Å². The summed E-state index contributed by atoms with van der Waals surface area (Å²) in [5.74, 6) is 7.59. The van der Waals surface area contributed by atoms with Crippen molar-refractivity contribution in [1.82, 2.24) is 4.98 Å². The first-order valence-electron chi connectivity index (χ1n) is 8.69. The molecule has 0 radical (unpaired) electrons. The summed E-state index contributed by atoms with van der Waals surface area (Å²) in [6.45, 7) is 2.41. The van der Waals surface area contributed by atoms with Gasteiger partial charge in [0.2, 0.25) is 0 Å². The van der Waals surface area contributed by atoms with Gasteiger partial charge in [-0.25, -0.2) is 4.98 Å². The van der Waals surface area contributed by atoms with Gasteiger partial charge in [0.15, 0.2) is 0 Å². The molecule has 0 saturated heterocycles.